The molecule has 5 nitrogen and oxygen atoms in total. The Morgan fingerprint density at radius 2 is 1.96 bits per heavy atom. The van der Waals surface area contributed by atoms with Crippen LogP contribution in [0.25, 0.3) is 0 Å². The van der Waals surface area contributed by atoms with Gasteiger partial charge in [-0.3, -0.25) is 0 Å². The van der Waals surface area contributed by atoms with Gasteiger partial charge in [0.2, 0.25) is 6.61 Å². The summed E-state index contributed by atoms with van der Waals surface area (Å²) in [6.07, 6.45) is 0.845. The third-order valence-electron chi connectivity index (χ3n) is 5.29. The maximum Gasteiger partial charge on any atom is 0.356 e. The van der Waals surface area contributed by atoms with Gasteiger partial charge in [0.1, 0.15) is 18.0 Å². The number of ether oxygens (including phenoxy) is 2. The van der Waals surface area contributed by atoms with E-state index in [1.54, 1.807) is 24.5 Å². The first-order chi connectivity index (χ1) is 13.6. The van der Waals surface area contributed by atoms with Gasteiger partial charge in [-0.15, -0.1) is 11.3 Å². The Labute approximate surface area is 168 Å². The number of hydrogen-bond donors (Lipinski definition) is 1. The molecule has 28 heavy (non-hydrogen) atoms. The summed E-state index contributed by atoms with van der Waals surface area (Å²) in [6, 6.07) is 17.1. The second-order valence-electron chi connectivity index (χ2n) is 6.89. The maximum atomic E-state index is 13.5. The molecule has 0 spiro atoms. The molecule has 1 aromatic heterocycles. The maximum absolute atomic E-state index is 13.5. The number of carbonyl (C=O) groups excluding carboxylic acids is 1. The van der Waals surface area contributed by atoms with E-state index in [4.69, 9.17) is 15.2 Å². The van der Waals surface area contributed by atoms with E-state index >= 15 is 0 Å². The summed E-state index contributed by atoms with van der Waals surface area (Å²) in [6.45, 7) is 1.27. The highest BCUT2D eigenvalue weighted by Crippen LogP contribution is 2.38. The molecule has 6 heteroatoms. The molecule has 0 fully saturated rings. The number of nitrogens with two attached hydrogens (primary N) is 1. The van der Waals surface area contributed by atoms with Gasteiger partial charge in [-0.25, -0.2) is 9.28 Å². The van der Waals surface area contributed by atoms with Gasteiger partial charge < -0.3 is 15.2 Å². The summed E-state index contributed by atoms with van der Waals surface area (Å²) in [7, 11) is 1.61. The van der Waals surface area contributed by atoms with E-state index in [1.165, 1.54) is 10.4 Å². The summed E-state index contributed by atoms with van der Waals surface area (Å²) >= 11 is 1.70. The summed E-state index contributed by atoms with van der Waals surface area (Å²) < 4.78 is 11.3. The second-order valence-corrected chi connectivity index (χ2v) is 7.89. The molecule has 0 saturated carbocycles. The van der Waals surface area contributed by atoms with E-state index in [9.17, 15) is 4.79 Å². The normalized spacial score (nSPS) is 18.3. The zero-order valence-corrected chi connectivity index (χ0v) is 16.6. The molecule has 0 bridgehead atoms. The van der Waals surface area contributed by atoms with E-state index in [0.717, 1.165) is 12.1 Å². The molecule has 1 aliphatic rings. The molecule has 144 valence electrons. The van der Waals surface area contributed by atoms with Crippen LogP contribution in [-0.2, 0) is 17.8 Å². The zero-order valence-electron chi connectivity index (χ0n) is 15.8. The van der Waals surface area contributed by atoms with Gasteiger partial charge in [-0.2, -0.15) is 0 Å². The van der Waals surface area contributed by atoms with Gasteiger partial charge in [0.25, 0.3) is 0 Å². The quantitative estimate of drug-likeness (QED) is 0.524. The van der Waals surface area contributed by atoms with Crippen LogP contribution in [-0.4, -0.2) is 26.2 Å². The van der Waals surface area contributed by atoms with Gasteiger partial charge in [0.05, 0.1) is 24.2 Å². The Balaban J connectivity index is 1.64. The molecule has 4 rings (SSSR count). The lowest BCUT2D eigenvalue weighted by molar-refractivity contribution is -0.133. The molecule has 1 aliphatic heterocycles. The minimum absolute atomic E-state index is 0.000213. The number of hydrogen-bond acceptors (Lipinski definition) is 5. The SMILES string of the molecule is COc1cccc(OCC(=O)[N+]2(c3ccccc3N)CCc3ccsc3C2)c1. The Morgan fingerprint density at radius 3 is 2.79 bits per heavy atom. The molecule has 2 heterocycles. The number of para-hydroxylation sites is 2. The highest BCUT2D eigenvalue weighted by Gasteiger charge is 2.44. The van der Waals surface area contributed by atoms with E-state index in [0.29, 0.717) is 30.3 Å². The lowest BCUT2D eigenvalue weighted by Crippen LogP contribution is -2.58. The summed E-state index contributed by atoms with van der Waals surface area (Å²) in [4.78, 5) is 14.7. The molecular weight excluding hydrogens is 372 g/mol. The number of nitrogen functional groups attached to an aromatic ring is 1. The fourth-order valence-electron chi connectivity index (χ4n) is 3.75. The number of rotatable bonds is 5. The number of quaternary nitrogens is 1. The van der Waals surface area contributed by atoms with Crippen molar-refractivity contribution in [3.63, 3.8) is 0 Å². The Kier molecular flexibility index (Phi) is 5.07. The minimum Gasteiger partial charge on any atom is -0.497 e. The number of thiophene rings is 1. The Bertz CT molecular complexity index is 1000. The average molecular weight is 396 g/mol. The molecule has 1 amide bonds. The largest absolute Gasteiger partial charge is 0.497 e. The predicted molar refractivity (Wildman–Crippen MR) is 113 cm³/mol. The Hall–Kier alpha value is -2.83. The number of nitrogens with zero attached hydrogens (tertiary/aromatic N) is 1. The monoisotopic (exact) mass is 395 g/mol. The van der Waals surface area contributed by atoms with Crippen LogP contribution in [0.4, 0.5) is 11.4 Å². The average Bonchev–Trinajstić information content (AvgIpc) is 3.20. The van der Waals surface area contributed by atoms with Crippen LogP contribution >= 0.6 is 11.3 Å². The minimum atomic E-state index is -0.0256. The summed E-state index contributed by atoms with van der Waals surface area (Å²) in [5, 5.41) is 2.09. The second kappa shape index (κ2) is 7.66. The summed E-state index contributed by atoms with van der Waals surface area (Å²) in [5.74, 6) is 1.31. The lowest BCUT2D eigenvalue weighted by atomic mass is 10.0. The molecule has 0 aliphatic carbocycles. The zero-order chi connectivity index (χ0) is 19.6. The number of methoxy groups -OCH3 is 1. The molecule has 0 radical (unpaired) electrons. The van der Waals surface area contributed by atoms with E-state index in [1.807, 2.05) is 42.5 Å². The number of fused-ring (bicyclic) bond motifs is 1. The molecule has 1 atom stereocenters. The van der Waals surface area contributed by atoms with Crippen LogP contribution in [0.2, 0.25) is 0 Å². The number of amides is 1. The van der Waals surface area contributed by atoms with Gasteiger partial charge >= 0.3 is 5.91 Å². The van der Waals surface area contributed by atoms with Crippen molar-refractivity contribution in [1.29, 1.82) is 0 Å². The highest BCUT2D eigenvalue weighted by atomic mass is 32.1. The van der Waals surface area contributed by atoms with Crippen molar-refractivity contribution >= 4 is 28.6 Å². The smallest absolute Gasteiger partial charge is 0.356 e. The standard InChI is InChI=1S/C22H23N2O3S/c1-26-17-5-4-6-18(13-17)27-15-22(25)24(20-8-3-2-7-19(20)23)11-9-16-10-12-28-21(16)14-24/h2-8,10,12-13H,9,11,14-15,23H2,1H3/q+1. The number of anilines is 1. The van der Waals surface area contributed by atoms with Crippen molar-refractivity contribution in [2.75, 3.05) is 26.0 Å². The van der Waals surface area contributed by atoms with Crippen molar-refractivity contribution in [1.82, 2.24) is 4.48 Å². The van der Waals surface area contributed by atoms with E-state index < -0.39 is 0 Å². The third-order valence-corrected chi connectivity index (χ3v) is 6.24. The molecule has 0 saturated heterocycles. The Morgan fingerprint density at radius 1 is 1.14 bits per heavy atom. The first-order valence-electron chi connectivity index (χ1n) is 9.20. The third kappa shape index (κ3) is 3.37. The van der Waals surface area contributed by atoms with Gasteiger partial charge in [-0.05, 0) is 35.2 Å². The highest BCUT2D eigenvalue weighted by molar-refractivity contribution is 7.10. The molecule has 3 aromatic rings. The van der Waals surface area contributed by atoms with E-state index in [2.05, 4.69) is 11.4 Å². The molecule has 2 N–H and O–H groups in total. The lowest BCUT2D eigenvalue weighted by Gasteiger charge is -2.38. The van der Waals surface area contributed by atoms with Gasteiger partial charge in [0, 0.05) is 18.6 Å². The molecule has 1 unspecified atom stereocenters. The van der Waals surface area contributed by atoms with Crippen LogP contribution < -0.4 is 19.7 Å². The van der Waals surface area contributed by atoms with Gasteiger partial charge in [0.15, 0.2) is 5.69 Å². The van der Waals surface area contributed by atoms with Crippen molar-refractivity contribution < 1.29 is 14.3 Å². The van der Waals surface area contributed by atoms with Crippen molar-refractivity contribution in [3.05, 3.63) is 70.4 Å². The fraction of sp³-hybridized carbons (Fsp3) is 0.227. The van der Waals surface area contributed by atoms with Crippen LogP contribution in [0.15, 0.2) is 60.0 Å². The van der Waals surface area contributed by atoms with Crippen molar-refractivity contribution in [2.24, 2.45) is 0 Å². The van der Waals surface area contributed by atoms with Crippen molar-refractivity contribution in [3.8, 4) is 11.5 Å². The van der Waals surface area contributed by atoms with Crippen molar-refractivity contribution in [2.45, 2.75) is 13.0 Å². The van der Waals surface area contributed by atoms with Gasteiger partial charge in [-0.1, -0.05) is 18.2 Å². The molecular formula is C22H23N2O3S+. The van der Waals surface area contributed by atoms with Crippen LogP contribution in [0.5, 0.6) is 11.5 Å². The topological polar surface area (TPSA) is 61.5 Å². The predicted octanol–water partition coefficient (Wildman–Crippen LogP) is 4.01. The first kappa shape index (κ1) is 18.5. The summed E-state index contributed by atoms with van der Waals surface area (Å²) in [5.41, 5.74) is 9.11. The van der Waals surface area contributed by atoms with Crippen LogP contribution in [0, 0.1) is 0 Å². The van der Waals surface area contributed by atoms with E-state index in [-0.39, 0.29) is 17.0 Å². The number of benzene rings is 2. The van der Waals surface area contributed by atoms with Crippen LogP contribution in [0.1, 0.15) is 10.4 Å². The fourth-order valence-corrected chi connectivity index (χ4v) is 4.77. The number of carbonyl (C=O) groups is 1. The van der Waals surface area contributed by atoms with Crippen LogP contribution in [0.3, 0.4) is 0 Å². The first-order valence-corrected chi connectivity index (χ1v) is 10.1. The molecule has 2 aromatic carbocycles.